The Bertz CT molecular complexity index is 480. The summed E-state index contributed by atoms with van der Waals surface area (Å²) in [4.78, 5) is 3.34. The lowest BCUT2D eigenvalue weighted by Gasteiger charge is -2.16. The SMILES string of the molecule is CC(C)(N)Cc1cc2cc(Cl)ccc2[nH]1. The number of nitrogens with two attached hydrogens (primary N) is 1. The average molecular weight is 223 g/mol. The summed E-state index contributed by atoms with van der Waals surface area (Å²) in [5.41, 5.74) is 8.05. The van der Waals surface area contributed by atoms with Crippen molar-refractivity contribution in [2.45, 2.75) is 25.8 Å². The Kier molecular flexibility index (Phi) is 2.49. The highest BCUT2D eigenvalue weighted by Crippen LogP contribution is 2.21. The van der Waals surface area contributed by atoms with Gasteiger partial charge in [-0.15, -0.1) is 0 Å². The Labute approximate surface area is 94.4 Å². The third-order valence-corrected chi connectivity index (χ3v) is 2.52. The van der Waals surface area contributed by atoms with Gasteiger partial charge in [-0.25, -0.2) is 0 Å². The molecule has 0 amide bonds. The summed E-state index contributed by atoms with van der Waals surface area (Å²) >= 11 is 5.92. The summed E-state index contributed by atoms with van der Waals surface area (Å²) in [6, 6.07) is 7.94. The summed E-state index contributed by atoms with van der Waals surface area (Å²) < 4.78 is 0. The Morgan fingerprint density at radius 3 is 2.73 bits per heavy atom. The molecule has 0 saturated heterocycles. The lowest BCUT2D eigenvalue weighted by atomic mass is 10.0. The molecule has 1 heterocycles. The van der Waals surface area contributed by atoms with Crippen molar-refractivity contribution >= 4 is 22.5 Å². The number of aromatic nitrogens is 1. The Balaban J connectivity index is 2.39. The second kappa shape index (κ2) is 3.54. The Hall–Kier alpha value is -0.990. The monoisotopic (exact) mass is 222 g/mol. The van der Waals surface area contributed by atoms with Gasteiger partial charge in [0.15, 0.2) is 0 Å². The maximum Gasteiger partial charge on any atom is 0.0457 e. The smallest absolute Gasteiger partial charge is 0.0457 e. The third-order valence-electron chi connectivity index (χ3n) is 2.28. The number of hydrogen-bond donors (Lipinski definition) is 2. The van der Waals surface area contributed by atoms with Crippen LogP contribution in [0.25, 0.3) is 10.9 Å². The molecule has 0 radical (unpaired) electrons. The second-order valence-corrected chi connectivity index (χ2v) is 5.13. The fourth-order valence-electron chi connectivity index (χ4n) is 1.75. The van der Waals surface area contributed by atoms with Gasteiger partial charge in [0, 0.05) is 33.6 Å². The highest BCUT2D eigenvalue weighted by Gasteiger charge is 2.13. The zero-order valence-electron chi connectivity index (χ0n) is 8.97. The highest BCUT2D eigenvalue weighted by molar-refractivity contribution is 6.31. The minimum atomic E-state index is -0.190. The molecule has 80 valence electrons. The zero-order chi connectivity index (χ0) is 11.1. The largest absolute Gasteiger partial charge is 0.358 e. The Morgan fingerprint density at radius 2 is 2.07 bits per heavy atom. The molecule has 2 rings (SSSR count). The number of fused-ring (bicyclic) bond motifs is 1. The van der Waals surface area contributed by atoms with Gasteiger partial charge in [0.2, 0.25) is 0 Å². The van der Waals surface area contributed by atoms with E-state index in [1.807, 2.05) is 32.0 Å². The maximum absolute atomic E-state index is 5.97. The average Bonchev–Trinajstić information content (AvgIpc) is 2.42. The summed E-state index contributed by atoms with van der Waals surface area (Å²) in [6.45, 7) is 4.04. The first-order chi connectivity index (χ1) is 6.94. The molecule has 0 saturated carbocycles. The van der Waals surface area contributed by atoms with Crippen molar-refractivity contribution in [1.82, 2.24) is 4.98 Å². The zero-order valence-corrected chi connectivity index (χ0v) is 9.73. The number of nitrogens with one attached hydrogen (secondary N) is 1. The topological polar surface area (TPSA) is 41.8 Å². The summed E-state index contributed by atoms with van der Waals surface area (Å²) in [6.07, 6.45) is 0.833. The van der Waals surface area contributed by atoms with E-state index in [0.717, 1.165) is 28.0 Å². The van der Waals surface area contributed by atoms with Gasteiger partial charge in [-0.1, -0.05) is 11.6 Å². The first-order valence-electron chi connectivity index (χ1n) is 5.00. The number of rotatable bonds is 2. The summed E-state index contributed by atoms with van der Waals surface area (Å²) in [5, 5.41) is 1.90. The molecule has 0 aliphatic carbocycles. The maximum atomic E-state index is 5.97. The molecule has 2 nitrogen and oxygen atoms in total. The van der Waals surface area contributed by atoms with Crippen LogP contribution in [0.5, 0.6) is 0 Å². The molecule has 0 spiro atoms. The number of aromatic amines is 1. The first-order valence-corrected chi connectivity index (χ1v) is 5.38. The van der Waals surface area contributed by atoms with Crippen LogP contribution in [0.15, 0.2) is 24.3 Å². The highest BCUT2D eigenvalue weighted by atomic mass is 35.5. The van der Waals surface area contributed by atoms with Crippen LogP contribution >= 0.6 is 11.6 Å². The van der Waals surface area contributed by atoms with E-state index in [2.05, 4.69) is 11.1 Å². The summed E-state index contributed by atoms with van der Waals surface area (Å²) in [5.74, 6) is 0. The van der Waals surface area contributed by atoms with Crippen LogP contribution in [0.4, 0.5) is 0 Å². The van der Waals surface area contributed by atoms with Gasteiger partial charge in [0.25, 0.3) is 0 Å². The van der Waals surface area contributed by atoms with Crippen LogP contribution in [0, 0.1) is 0 Å². The molecule has 1 aromatic carbocycles. The number of hydrogen-bond acceptors (Lipinski definition) is 1. The predicted octanol–water partition coefficient (Wildman–Crippen LogP) is 3.10. The van der Waals surface area contributed by atoms with Gasteiger partial charge >= 0.3 is 0 Å². The molecule has 15 heavy (non-hydrogen) atoms. The van der Waals surface area contributed by atoms with E-state index in [-0.39, 0.29) is 5.54 Å². The van der Waals surface area contributed by atoms with Crippen LogP contribution in [-0.2, 0) is 6.42 Å². The number of halogens is 1. The lowest BCUT2D eigenvalue weighted by Crippen LogP contribution is -2.34. The molecule has 0 fully saturated rings. The van der Waals surface area contributed by atoms with Crippen molar-refractivity contribution in [3.8, 4) is 0 Å². The van der Waals surface area contributed by atoms with Gasteiger partial charge in [0.1, 0.15) is 0 Å². The van der Waals surface area contributed by atoms with Crippen molar-refractivity contribution in [1.29, 1.82) is 0 Å². The molecule has 0 aliphatic rings. The minimum Gasteiger partial charge on any atom is -0.358 e. The first kappa shape index (κ1) is 10.5. The molecular formula is C12H15ClN2. The second-order valence-electron chi connectivity index (χ2n) is 4.69. The van der Waals surface area contributed by atoms with E-state index in [1.54, 1.807) is 0 Å². The van der Waals surface area contributed by atoms with E-state index in [4.69, 9.17) is 17.3 Å². The van der Waals surface area contributed by atoms with Crippen LogP contribution in [0.3, 0.4) is 0 Å². The molecule has 3 heteroatoms. The van der Waals surface area contributed by atoms with E-state index in [9.17, 15) is 0 Å². The van der Waals surface area contributed by atoms with Crippen molar-refractivity contribution in [2.24, 2.45) is 5.73 Å². The molecular weight excluding hydrogens is 208 g/mol. The van der Waals surface area contributed by atoms with Gasteiger partial charge in [0.05, 0.1) is 0 Å². The van der Waals surface area contributed by atoms with Crippen molar-refractivity contribution in [3.63, 3.8) is 0 Å². The summed E-state index contributed by atoms with van der Waals surface area (Å²) in [7, 11) is 0. The molecule has 3 N–H and O–H groups in total. The van der Waals surface area contributed by atoms with Crippen LogP contribution in [0.2, 0.25) is 5.02 Å². The van der Waals surface area contributed by atoms with Gasteiger partial charge in [-0.3, -0.25) is 0 Å². The van der Waals surface area contributed by atoms with Gasteiger partial charge < -0.3 is 10.7 Å². The van der Waals surface area contributed by atoms with E-state index in [0.29, 0.717) is 0 Å². The third kappa shape index (κ3) is 2.52. The minimum absolute atomic E-state index is 0.190. The molecule has 0 unspecified atom stereocenters. The van der Waals surface area contributed by atoms with E-state index < -0.39 is 0 Å². The molecule has 1 aromatic heterocycles. The number of H-pyrrole nitrogens is 1. The molecule has 0 aliphatic heterocycles. The van der Waals surface area contributed by atoms with Crippen molar-refractivity contribution in [2.75, 3.05) is 0 Å². The normalized spacial score (nSPS) is 12.3. The van der Waals surface area contributed by atoms with E-state index in [1.165, 1.54) is 0 Å². The molecule has 0 atom stereocenters. The van der Waals surface area contributed by atoms with Crippen LogP contribution < -0.4 is 5.73 Å². The van der Waals surface area contributed by atoms with E-state index >= 15 is 0 Å². The standard InChI is InChI=1S/C12H15ClN2/c1-12(2,14)7-10-6-8-5-9(13)3-4-11(8)15-10/h3-6,15H,7,14H2,1-2H3. The van der Waals surface area contributed by atoms with Gasteiger partial charge in [-0.05, 0) is 38.1 Å². The quantitative estimate of drug-likeness (QED) is 0.806. The molecule has 2 aromatic rings. The van der Waals surface area contributed by atoms with Crippen molar-refractivity contribution in [3.05, 3.63) is 35.0 Å². The van der Waals surface area contributed by atoms with Gasteiger partial charge in [-0.2, -0.15) is 0 Å². The lowest BCUT2D eigenvalue weighted by molar-refractivity contribution is 0.512. The van der Waals surface area contributed by atoms with Crippen LogP contribution in [-0.4, -0.2) is 10.5 Å². The Morgan fingerprint density at radius 1 is 1.33 bits per heavy atom. The predicted molar refractivity (Wildman–Crippen MR) is 65.3 cm³/mol. The van der Waals surface area contributed by atoms with Crippen molar-refractivity contribution < 1.29 is 0 Å². The van der Waals surface area contributed by atoms with Crippen LogP contribution in [0.1, 0.15) is 19.5 Å². The number of benzene rings is 1. The fourth-order valence-corrected chi connectivity index (χ4v) is 1.93. The fraction of sp³-hybridized carbons (Fsp3) is 0.333. The molecule has 0 bridgehead atoms.